The Labute approximate surface area is 120 Å². The molecule has 106 valence electrons. The van der Waals surface area contributed by atoms with Crippen molar-refractivity contribution in [2.45, 2.75) is 32.6 Å². The number of H-pyrrole nitrogens is 1. The lowest BCUT2D eigenvalue weighted by atomic mass is 10.1. The molecule has 6 nitrogen and oxygen atoms in total. The zero-order valence-electron chi connectivity index (χ0n) is 11.3. The SMILES string of the molecule is CCC(CC)c1nnc(NC(=O)c2ccc[nH]c2=O)s1. The lowest BCUT2D eigenvalue weighted by Gasteiger charge is -2.05. The summed E-state index contributed by atoms with van der Waals surface area (Å²) >= 11 is 1.35. The third-order valence-corrected chi connectivity index (χ3v) is 4.06. The van der Waals surface area contributed by atoms with E-state index in [2.05, 4.69) is 34.3 Å². The standard InChI is InChI=1S/C13H16N4O2S/c1-3-8(4-2)12-16-17-13(20-12)15-11(19)9-6-5-7-14-10(9)18/h5-8H,3-4H2,1-2H3,(H,14,18)(H,15,17,19). The lowest BCUT2D eigenvalue weighted by molar-refractivity contribution is 0.102. The molecule has 20 heavy (non-hydrogen) atoms. The number of carbonyl (C=O) groups is 1. The molecule has 0 bridgehead atoms. The summed E-state index contributed by atoms with van der Waals surface area (Å²) in [5, 5.41) is 12.0. The van der Waals surface area contributed by atoms with Gasteiger partial charge < -0.3 is 4.98 Å². The van der Waals surface area contributed by atoms with Crippen molar-refractivity contribution < 1.29 is 4.79 Å². The largest absolute Gasteiger partial charge is 0.328 e. The summed E-state index contributed by atoms with van der Waals surface area (Å²) in [4.78, 5) is 25.9. The number of nitrogens with zero attached hydrogens (tertiary/aromatic N) is 2. The fourth-order valence-electron chi connectivity index (χ4n) is 1.85. The molecule has 2 N–H and O–H groups in total. The fraction of sp³-hybridized carbons (Fsp3) is 0.385. The molecule has 0 aromatic carbocycles. The van der Waals surface area contributed by atoms with Gasteiger partial charge in [0.05, 0.1) is 0 Å². The van der Waals surface area contributed by atoms with Gasteiger partial charge in [-0.2, -0.15) is 0 Å². The highest BCUT2D eigenvalue weighted by Crippen LogP contribution is 2.28. The number of rotatable bonds is 5. The van der Waals surface area contributed by atoms with Crippen molar-refractivity contribution in [3.05, 3.63) is 39.3 Å². The fourth-order valence-corrected chi connectivity index (χ4v) is 2.86. The van der Waals surface area contributed by atoms with E-state index < -0.39 is 11.5 Å². The molecular weight excluding hydrogens is 276 g/mol. The van der Waals surface area contributed by atoms with Crippen LogP contribution < -0.4 is 10.9 Å². The number of carbonyl (C=O) groups excluding carboxylic acids is 1. The highest BCUT2D eigenvalue weighted by atomic mass is 32.1. The van der Waals surface area contributed by atoms with Crippen LogP contribution >= 0.6 is 11.3 Å². The second kappa shape index (κ2) is 6.42. The van der Waals surface area contributed by atoms with Crippen LogP contribution in [-0.2, 0) is 0 Å². The third-order valence-electron chi connectivity index (χ3n) is 3.06. The molecule has 0 radical (unpaired) electrons. The highest BCUT2D eigenvalue weighted by molar-refractivity contribution is 7.15. The average molecular weight is 292 g/mol. The van der Waals surface area contributed by atoms with E-state index in [1.54, 1.807) is 6.07 Å². The monoisotopic (exact) mass is 292 g/mol. The summed E-state index contributed by atoms with van der Waals surface area (Å²) in [6.45, 7) is 4.19. The normalized spacial score (nSPS) is 10.8. The van der Waals surface area contributed by atoms with E-state index in [0.717, 1.165) is 17.8 Å². The van der Waals surface area contributed by atoms with E-state index in [1.807, 2.05) is 0 Å². The Morgan fingerprint density at radius 1 is 1.40 bits per heavy atom. The number of pyridine rings is 1. The van der Waals surface area contributed by atoms with E-state index in [1.165, 1.54) is 23.6 Å². The molecule has 0 fully saturated rings. The number of hydrogen-bond acceptors (Lipinski definition) is 5. The van der Waals surface area contributed by atoms with Crippen LogP contribution in [0.2, 0.25) is 0 Å². The van der Waals surface area contributed by atoms with Gasteiger partial charge in [-0.25, -0.2) is 0 Å². The van der Waals surface area contributed by atoms with E-state index >= 15 is 0 Å². The van der Waals surface area contributed by atoms with Gasteiger partial charge in [-0.3, -0.25) is 14.9 Å². The Morgan fingerprint density at radius 3 is 2.80 bits per heavy atom. The van der Waals surface area contributed by atoms with Crippen LogP contribution in [0.4, 0.5) is 5.13 Å². The number of hydrogen-bond donors (Lipinski definition) is 2. The minimum absolute atomic E-state index is 0.0618. The van der Waals surface area contributed by atoms with Crippen LogP contribution in [0.1, 0.15) is 48.0 Å². The maximum atomic E-state index is 12.0. The van der Waals surface area contributed by atoms with Crippen molar-refractivity contribution in [3.63, 3.8) is 0 Å². The van der Waals surface area contributed by atoms with Gasteiger partial charge >= 0.3 is 0 Å². The molecule has 0 unspecified atom stereocenters. The molecule has 2 aromatic heterocycles. The predicted octanol–water partition coefficient (Wildman–Crippen LogP) is 2.38. The first-order chi connectivity index (χ1) is 9.65. The topological polar surface area (TPSA) is 87.7 Å². The molecule has 0 aliphatic heterocycles. The van der Waals surface area contributed by atoms with E-state index in [9.17, 15) is 9.59 Å². The van der Waals surface area contributed by atoms with Crippen LogP contribution in [-0.4, -0.2) is 21.1 Å². The van der Waals surface area contributed by atoms with Crippen molar-refractivity contribution in [2.75, 3.05) is 5.32 Å². The molecule has 0 atom stereocenters. The molecule has 7 heteroatoms. The van der Waals surface area contributed by atoms with Gasteiger partial charge in [-0.05, 0) is 25.0 Å². The molecule has 2 aromatic rings. The van der Waals surface area contributed by atoms with Gasteiger partial charge in [0.1, 0.15) is 10.6 Å². The van der Waals surface area contributed by atoms with Gasteiger partial charge in [0.25, 0.3) is 11.5 Å². The molecular formula is C13H16N4O2S. The zero-order valence-corrected chi connectivity index (χ0v) is 12.2. The summed E-state index contributed by atoms with van der Waals surface area (Å²) in [6, 6.07) is 3.07. The van der Waals surface area contributed by atoms with Crippen LogP contribution in [0.5, 0.6) is 0 Å². The highest BCUT2D eigenvalue weighted by Gasteiger charge is 2.16. The number of anilines is 1. The number of aromatic amines is 1. The minimum Gasteiger partial charge on any atom is -0.328 e. The second-order valence-corrected chi connectivity index (χ2v) is 5.34. The Hall–Kier alpha value is -2.02. The molecule has 0 saturated heterocycles. The first-order valence-electron chi connectivity index (χ1n) is 6.48. The van der Waals surface area contributed by atoms with Crippen LogP contribution in [0.25, 0.3) is 0 Å². The van der Waals surface area contributed by atoms with E-state index in [0.29, 0.717) is 11.0 Å². The van der Waals surface area contributed by atoms with Crippen molar-refractivity contribution in [2.24, 2.45) is 0 Å². The quantitative estimate of drug-likeness (QED) is 0.885. The first kappa shape index (κ1) is 14.4. The van der Waals surface area contributed by atoms with Crippen molar-refractivity contribution >= 4 is 22.4 Å². The van der Waals surface area contributed by atoms with Crippen molar-refractivity contribution in [1.82, 2.24) is 15.2 Å². The van der Waals surface area contributed by atoms with E-state index in [4.69, 9.17) is 0 Å². The lowest BCUT2D eigenvalue weighted by Crippen LogP contribution is -2.22. The van der Waals surface area contributed by atoms with Crippen molar-refractivity contribution in [3.8, 4) is 0 Å². The maximum absolute atomic E-state index is 12.0. The van der Waals surface area contributed by atoms with Gasteiger partial charge in [-0.1, -0.05) is 25.2 Å². The van der Waals surface area contributed by atoms with Gasteiger partial charge in [-0.15, -0.1) is 10.2 Å². The van der Waals surface area contributed by atoms with Crippen molar-refractivity contribution in [1.29, 1.82) is 0 Å². The van der Waals surface area contributed by atoms with E-state index in [-0.39, 0.29) is 5.56 Å². The zero-order chi connectivity index (χ0) is 14.5. The Balaban J connectivity index is 2.13. The molecule has 2 heterocycles. The summed E-state index contributed by atoms with van der Waals surface area (Å²) in [5.74, 6) is -0.114. The number of aromatic nitrogens is 3. The average Bonchev–Trinajstić information content (AvgIpc) is 2.89. The summed E-state index contributed by atoms with van der Waals surface area (Å²) < 4.78 is 0. The second-order valence-electron chi connectivity index (χ2n) is 4.33. The Morgan fingerprint density at radius 2 is 2.15 bits per heavy atom. The minimum atomic E-state index is -0.473. The van der Waals surface area contributed by atoms with Crippen LogP contribution in [0.3, 0.4) is 0 Å². The molecule has 0 aliphatic carbocycles. The van der Waals surface area contributed by atoms with Crippen LogP contribution in [0, 0.1) is 0 Å². The van der Waals surface area contributed by atoms with Gasteiger partial charge in [0.15, 0.2) is 0 Å². The summed E-state index contributed by atoms with van der Waals surface area (Å²) in [7, 11) is 0. The number of nitrogens with one attached hydrogen (secondary N) is 2. The summed E-state index contributed by atoms with van der Waals surface area (Å²) in [5.41, 5.74) is -0.360. The molecule has 2 rings (SSSR count). The maximum Gasteiger partial charge on any atom is 0.263 e. The molecule has 1 amide bonds. The summed E-state index contributed by atoms with van der Waals surface area (Å²) in [6.07, 6.45) is 3.45. The Bertz CT molecular complexity index is 646. The van der Waals surface area contributed by atoms with Gasteiger partial charge in [0.2, 0.25) is 5.13 Å². The first-order valence-corrected chi connectivity index (χ1v) is 7.29. The molecule has 0 aliphatic rings. The predicted molar refractivity (Wildman–Crippen MR) is 78.2 cm³/mol. The van der Waals surface area contributed by atoms with Crippen LogP contribution in [0.15, 0.2) is 23.1 Å². The van der Waals surface area contributed by atoms with Gasteiger partial charge in [0, 0.05) is 12.1 Å². The smallest absolute Gasteiger partial charge is 0.263 e. The Kier molecular flexibility index (Phi) is 4.62. The molecule has 0 saturated carbocycles. The number of amides is 1. The third kappa shape index (κ3) is 3.11. The molecule has 0 spiro atoms.